The molecule has 2 heterocycles. The molecule has 0 fully saturated rings. The maximum Gasteiger partial charge on any atom is 0.342 e. The minimum atomic E-state index is -0.683. The van der Waals surface area contributed by atoms with E-state index in [1.54, 1.807) is 44.2 Å². The Labute approximate surface area is 290 Å². The second-order valence-electron chi connectivity index (χ2n) is 11.7. The van der Waals surface area contributed by atoms with Gasteiger partial charge >= 0.3 is 17.6 Å². The summed E-state index contributed by atoms with van der Waals surface area (Å²) in [4.78, 5) is 35.5. The van der Waals surface area contributed by atoms with E-state index in [2.05, 4.69) is 0 Å². The van der Waals surface area contributed by atoms with E-state index in [1.807, 2.05) is 13.8 Å². The Hall–Kier alpha value is -6.24. The summed E-state index contributed by atoms with van der Waals surface area (Å²) in [5.41, 5.74) is 1.78. The topological polar surface area (TPSA) is 140 Å². The first-order chi connectivity index (χ1) is 24.3. The lowest BCUT2D eigenvalue weighted by Crippen LogP contribution is -2.08. The molecular formula is C38H33F2NO10. The van der Waals surface area contributed by atoms with E-state index in [9.17, 15) is 28.5 Å². The normalized spacial score (nSPS) is 11.0. The second-order valence-corrected chi connectivity index (χ2v) is 11.7. The van der Waals surface area contributed by atoms with E-state index in [0.29, 0.717) is 44.6 Å². The van der Waals surface area contributed by atoms with Crippen LogP contribution in [0, 0.1) is 21.7 Å². The van der Waals surface area contributed by atoms with E-state index in [4.69, 9.17) is 27.8 Å². The number of carbonyl (C=O) groups is 2. The summed E-state index contributed by atoms with van der Waals surface area (Å²) in [6, 6.07) is 18.9. The van der Waals surface area contributed by atoms with Gasteiger partial charge in [0.15, 0.2) is 5.75 Å². The van der Waals surface area contributed by atoms with Crippen molar-refractivity contribution in [3.63, 3.8) is 0 Å². The number of furan rings is 2. The van der Waals surface area contributed by atoms with Crippen LogP contribution in [0.3, 0.4) is 0 Å². The number of rotatable bonds is 9. The highest BCUT2D eigenvalue weighted by atomic mass is 19.1. The fourth-order valence-electron chi connectivity index (χ4n) is 5.24. The molecule has 51 heavy (non-hydrogen) atoms. The Balaban J connectivity index is 0.000000199. The lowest BCUT2D eigenvalue weighted by molar-refractivity contribution is -0.385. The van der Waals surface area contributed by atoms with Gasteiger partial charge < -0.3 is 27.8 Å². The highest BCUT2D eigenvalue weighted by molar-refractivity contribution is 6.10. The fourth-order valence-corrected chi connectivity index (χ4v) is 5.24. The van der Waals surface area contributed by atoms with Crippen molar-refractivity contribution in [2.45, 2.75) is 39.9 Å². The van der Waals surface area contributed by atoms with Crippen LogP contribution in [0.2, 0.25) is 0 Å². The number of hydrogen-bond acceptors (Lipinski definition) is 10. The molecule has 11 nitrogen and oxygen atoms in total. The molecule has 0 spiro atoms. The van der Waals surface area contributed by atoms with Crippen LogP contribution < -0.4 is 9.47 Å². The quantitative estimate of drug-likeness (QED) is 0.0813. The summed E-state index contributed by atoms with van der Waals surface area (Å²) in [5.74, 6) is -0.883. The first-order valence-corrected chi connectivity index (χ1v) is 15.6. The van der Waals surface area contributed by atoms with Crippen LogP contribution >= 0.6 is 0 Å². The highest BCUT2D eigenvalue weighted by Gasteiger charge is 2.28. The van der Waals surface area contributed by atoms with Crippen LogP contribution in [0.5, 0.6) is 11.5 Å². The summed E-state index contributed by atoms with van der Waals surface area (Å²) in [6.45, 7) is 7.30. The van der Waals surface area contributed by atoms with Gasteiger partial charge in [-0.05, 0) is 100 Å². The lowest BCUT2D eigenvalue weighted by Gasteiger charge is -2.10. The van der Waals surface area contributed by atoms with Crippen molar-refractivity contribution < 1.29 is 51.1 Å². The Bertz CT molecular complexity index is 2220. The zero-order valence-corrected chi connectivity index (χ0v) is 28.4. The standard InChI is InChI=1S/C19H16FNO6.C19H17FO4/c1-10(2)26-16-8-13-15(9-14(16)21(23)24)27-18(17(13)19(22)25-3)11-4-6-12(20)7-5-11;1-11(2)23-14-8-9-16-15(10-14)17(19(21)22-3)18(24-16)12-4-6-13(20)7-5-12/h4-10H,1-3H3;4-11H,1-3H3. The Morgan fingerprint density at radius 1 is 0.667 bits per heavy atom. The van der Waals surface area contributed by atoms with Crippen molar-refractivity contribution in [1.82, 2.24) is 0 Å². The van der Waals surface area contributed by atoms with Gasteiger partial charge in [-0.2, -0.15) is 0 Å². The number of carbonyl (C=O) groups excluding carboxylic acids is 2. The van der Waals surface area contributed by atoms with Gasteiger partial charge in [-0.1, -0.05) is 0 Å². The van der Waals surface area contributed by atoms with Crippen molar-refractivity contribution >= 4 is 39.6 Å². The molecule has 0 aliphatic rings. The van der Waals surface area contributed by atoms with E-state index in [-0.39, 0.29) is 46.4 Å². The van der Waals surface area contributed by atoms with Crippen LogP contribution in [-0.4, -0.2) is 43.3 Å². The van der Waals surface area contributed by atoms with Gasteiger partial charge in [0.2, 0.25) is 0 Å². The second kappa shape index (κ2) is 15.1. The number of nitro benzene ring substituents is 1. The van der Waals surface area contributed by atoms with Gasteiger partial charge in [0.1, 0.15) is 51.2 Å². The molecule has 0 saturated carbocycles. The minimum absolute atomic E-state index is 0.00694. The van der Waals surface area contributed by atoms with Gasteiger partial charge in [-0.15, -0.1) is 0 Å². The van der Waals surface area contributed by atoms with Crippen LogP contribution in [0.4, 0.5) is 14.5 Å². The molecule has 0 N–H and O–H groups in total. The predicted molar refractivity (Wildman–Crippen MR) is 184 cm³/mol. The maximum atomic E-state index is 13.2. The van der Waals surface area contributed by atoms with Gasteiger partial charge in [0.25, 0.3) is 0 Å². The summed E-state index contributed by atoms with van der Waals surface area (Å²) in [6.07, 6.45) is -0.307. The number of esters is 2. The smallest absolute Gasteiger partial charge is 0.342 e. The summed E-state index contributed by atoms with van der Waals surface area (Å²) in [7, 11) is 2.52. The highest BCUT2D eigenvalue weighted by Crippen LogP contribution is 2.41. The first-order valence-electron chi connectivity index (χ1n) is 15.6. The molecule has 264 valence electrons. The van der Waals surface area contributed by atoms with Crippen LogP contribution in [-0.2, 0) is 9.47 Å². The lowest BCUT2D eigenvalue weighted by atomic mass is 10.0. The summed E-state index contributed by atoms with van der Waals surface area (Å²) >= 11 is 0. The molecular weight excluding hydrogens is 668 g/mol. The Kier molecular flexibility index (Phi) is 10.7. The number of nitro groups is 1. The zero-order valence-electron chi connectivity index (χ0n) is 28.4. The van der Waals surface area contributed by atoms with Gasteiger partial charge in [0.05, 0.1) is 37.4 Å². The van der Waals surface area contributed by atoms with Crippen LogP contribution in [0.15, 0.2) is 87.7 Å². The first kappa shape index (κ1) is 36.1. The van der Waals surface area contributed by atoms with Crippen LogP contribution in [0.25, 0.3) is 44.6 Å². The SMILES string of the molecule is COC(=O)c1c(-c2ccc(F)cc2)oc2cc([N+](=O)[O-])c(OC(C)C)cc12.COC(=O)c1c(-c2ccc(F)cc2)oc2ccc(OC(C)C)cc12. The van der Waals surface area contributed by atoms with E-state index in [0.717, 1.165) is 0 Å². The van der Waals surface area contributed by atoms with E-state index >= 15 is 0 Å². The number of hydrogen-bond donors (Lipinski definition) is 0. The molecule has 0 unspecified atom stereocenters. The fraction of sp³-hybridized carbons (Fsp3) is 0.211. The number of ether oxygens (including phenoxy) is 4. The summed E-state index contributed by atoms with van der Waals surface area (Å²) in [5, 5.41) is 12.3. The number of fused-ring (bicyclic) bond motifs is 2. The zero-order chi connectivity index (χ0) is 37.0. The molecule has 0 aliphatic heterocycles. The van der Waals surface area contributed by atoms with E-state index < -0.39 is 22.7 Å². The van der Waals surface area contributed by atoms with Gasteiger partial charge in [-0.3, -0.25) is 10.1 Å². The number of methoxy groups -OCH3 is 2. The molecule has 0 saturated heterocycles. The van der Waals surface area contributed by atoms with Crippen molar-refractivity contribution in [3.05, 3.63) is 112 Å². The van der Waals surface area contributed by atoms with Gasteiger partial charge in [0, 0.05) is 21.9 Å². The third kappa shape index (κ3) is 7.82. The number of halogens is 2. The maximum absolute atomic E-state index is 13.2. The predicted octanol–water partition coefficient (Wildman–Crippen LogP) is 9.53. The number of nitrogens with zero attached hydrogens (tertiary/aromatic N) is 1. The van der Waals surface area contributed by atoms with Crippen molar-refractivity contribution in [2.24, 2.45) is 0 Å². The average molecular weight is 702 g/mol. The van der Waals surface area contributed by atoms with Crippen molar-refractivity contribution in [3.8, 4) is 34.1 Å². The molecule has 0 aliphatic carbocycles. The Morgan fingerprint density at radius 3 is 1.59 bits per heavy atom. The molecule has 6 rings (SSSR count). The molecule has 6 aromatic rings. The molecule has 4 aromatic carbocycles. The van der Waals surface area contributed by atoms with Crippen molar-refractivity contribution in [2.75, 3.05) is 14.2 Å². The largest absolute Gasteiger partial charge is 0.491 e. The van der Waals surface area contributed by atoms with Crippen LogP contribution in [0.1, 0.15) is 48.4 Å². The summed E-state index contributed by atoms with van der Waals surface area (Å²) < 4.78 is 58.9. The average Bonchev–Trinajstić information content (AvgIpc) is 3.66. The number of benzene rings is 4. The monoisotopic (exact) mass is 701 g/mol. The minimum Gasteiger partial charge on any atom is -0.491 e. The van der Waals surface area contributed by atoms with E-state index in [1.165, 1.54) is 62.8 Å². The molecule has 0 amide bonds. The third-order valence-electron chi connectivity index (χ3n) is 7.35. The van der Waals surface area contributed by atoms with Crippen molar-refractivity contribution in [1.29, 1.82) is 0 Å². The molecule has 13 heteroatoms. The molecule has 0 atom stereocenters. The third-order valence-corrected chi connectivity index (χ3v) is 7.35. The molecule has 0 bridgehead atoms. The molecule has 2 aromatic heterocycles. The molecule has 0 radical (unpaired) electrons. The Morgan fingerprint density at radius 2 is 1.14 bits per heavy atom. The van der Waals surface area contributed by atoms with Gasteiger partial charge in [-0.25, -0.2) is 18.4 Å².